The second kappa shape index (κ2) is 7.32. The van der Waals surface area contributed by atoms with E-state index in [1.807, 2.05) is 4.90 Å². The lowest BCUT2D eigenvalue weighted by Gasteiger charge is -2.60. The first-order valence-electron chi connectivity index (χ1n) is 10.5. The molecule has 8 nitrogen and oxygen atoms in total. The Hall–Kier alpha value is -2.43. The molecule has 2 atom stereocenters. The van der Waals surface area contributed by atoms with Crippen LogP contribution in [0, 0.1) is 11.3 Å². The molecule has 1 aromatic rings. The summed E-state index contributed by atoms with van der Waals surface area (Å²) in [6.45, 7) is 2.57. The number of amides is 3. The molecule has 0 bridgehead atoms. The number of aromatic nitrogens is 2. The molecule has 0 aromatic carbocycles. The maximum atomic E-state index is 12.8. The second-order valence-corrected chi connectivity index (χ2v) is 9.26. The van der Waals surface area contributed by atoms with Gasteiger partial charge in [-0.2, -0.15) is 13.2 Å². The highest BCUT2D eigenvalue weighted by Crippen LogP contribution is 2.53. The fourth-order valence-corrected chi connectivity index (χ4v) is 5.40. The van der Waals surface area contributed by atoms with Crippen LogP contribution in [0.25, 0.3) is 0 Å². The smallest absolute Gasteiger partial charge is 0.366 e. The number of halogens is 3. The van der Waals surface area contributed by atoms with E-state index in [4.69, 9.17) is 4.74 Å². The van der Waals surface area contributed by atoms with Crippen molar-refractivity contribution in [1.82, 2.24) is 25.1 Å². The lowest BCUT2D eigenvalue weighted by atomic mass is 9.57. The van der Waals surface area contributed by atoms with E-state index < -0.39 is 11.7 Å². The van der Waals surface area contributed by atoms with Crippen molar-refractivity contribution in [2.45, 2.75) is 44.0 Å². The molecule has 0 unspecified atom stereocenters. The standard InChI is InChI=1S/C20H24F3N5O3/c21-20(22,23)13-6-24-16(25-7-13)3-12-4-19(5-12)10-28(11-19)18(30)27-2-1-15-14(8-27)26-17(29)9-31-15/h6-7,12,14-15H,1-5,8-11H2,(H,26,29)/t14-,15+/m1/s1. The molecule has 1 saturated carbocycles. The minimum absolute atomic E-state index is 0.00146. The number of hydrogen-bond acceptors (Lipinski definition) is 5. The van der Waals surface area contributed by atoms with Gasteiger partial charge < -0.3 is 19.9 Å². The van der Waals surface area contributed by atoms with E-state index >= 15 is 0 Å². The van der Waals surface area contributed by atoms with Gasteiger partial charge in [0, 0.05) is 50.4 Å². The summed E-state index contributed by atoms with van der Waals surface area (Å²) in [5, 5.41) is 2.91. The summed E-state index contributed by atoms with van der Waals surface area (Å²) in [6.07, 6.45) is 0.349. The lowest BCUT2D eigenvalue weighted by Crippen LogP contribution is -2.68. The van der Waals surface area contributed by atoms with Gasteiger partial charge >= 0.3 is 12.2 Å². The molecule has 4 fully saturated rings. The first kappa shape index (κ1) is 20.5. The lowest BCUT2D eigenvalue weighted by molar-refractivity contribution is -0.140. The average Bonchev–Trinajstić information content (AvgIpc) is 2.67. The number of rotatable bonds is 2. The maximum Gasteiger partial charge on any atom is 0.419 e. The van der Waals surface area contributed by atoms with E-state index in [1.54, 1.807) is 4.90 Å². The van der Waals surface area contributed by atoms with Crippen LogP contribution in [0.1, 0.15) is 30.7 Å². The molecule has 4 heterocycles. The summed E-state index contributed by atoms with van der Waals surface area (Å²) >= 11 is 0. The molecule has 1 spiro atoms. The van der Waals surface area contributed by atoms with Crippen LogP contribution in [0.5, 0.6) is 0 Å². The molecule has 4 aliphatic rings. The number of hydrogen-bond donors (Lipinski definition) is 1. The number of carbonyl (C=O) groups is 2. The third-order valence-electron chi connectivity index (χ3n) is 6.87. The summed E-state index contributed by atoms with van der Waals surface area (Å²) in [5.74, 6) is 0.620. The van der Waals surface area contributed by atoms with Gasteiger partial charge in [-0.3, -0.25) is 4.79 Å². The van der Waals surface area contributed by atoms with Crippen LogP contribution in [0.3, 0.4) is 0 Å². The van der Waals surface area contributed by atoms with E-state index in [9.17, 15) is 22.8 Å². The number of fused-ring (bicyclic) bond motifs is 1. The number of likely N-dealkylation sites (tertiary alicyclic amines) is 2. The van der Waals surface area contributed by atoms with E-state index in [1.165, 1.54) is 0 Å². The summed E-state index contributed by atoms with van der Waals surface area (Å²) in [7, 11) is 0. The van der Waals surface area contributed by atoms with Crippen LogP contribution in [0.2, 0.25) is 0 Å². The second-order valence-electron chi connectivity index (χ2n) is 9.26. The minimum Gasteiger partial charge on any atom is -0.366 e. The van der Waals surface area contributed by atoms with Crippen molar-refractivity contribution < 1.29 is 27.5 Å². The molecule has 3 amide bonds. The quantitative estimate of drug-likeness (QED) is 0.754. The number of nitrogens with one attached hydrogen (secondary N) is 1. The van der Waals surface area contributed by atoms with Gasteiger partial charge in [0.25, 0.3) is 0 Å². The van der Waals surface area contributed by atoms with Crippen molar-refractivity contribution >= 4 is 11.9 Å². The molecule has 5 rings (SSSR count). The predicted octanol–water partition coefficient (Wildman–Crippen LogP) is 1.46. The molecule has 31 heavy (non-hydrogen) atoms. The van der Waals surface area contributed by atoms with Crippen molar-refractivity contribution in [1.29, 1.82) is 0 Å². The molecule has 1 N–H and O–H groups in total. The number of nitrogens with zero attached hydrogens (tertiary/aromatic N) is 4. The van der Waals surface area contributed by atoms with Gasteiger partial charge in [-0.15, -0.1) is 0 Å². The summed E-state index contributed by atoms with van der Waals surface area (Å²) in [4.78, 5) is 35.7. The van der Waals surface area contributed by atoms with Crippen molar-refractivity contribution in [2.24, 2.45) is 11.3 Å². The zero-order valence-electron chi connectivity index (χ0n) is 16.9. The molecule has 1 aliphatic carbocycles. The SMILES string of the molecule is O=C1CO[C@H]2CCN(C(=O)N3CC4(CC(Cc5ncc(C(F)(F)F)cn5)C4)C3)C[C@H]2N1. The van der Waals surface area contributed by atoms with Crippen molar-refractivity contribution in [3.05, 3.63) is 23.8 Å². The largest absolute Gasteiger partial charge is 0.419 e. The van der Waals surface area contributed by atoms with Gasteiger partial charge in [-0.25, -0.2) is 14.8 Å². The number of ether oxygens (including phenoxy) is 1. The molecular weight excluding hydrogens is 415 g/mol. The first-order chi connectivity index (χ1) is 14.7. The third kappa shape index (κ3) is 3.95. The number of carbonyl (C=O) groups excluding carboxylic acids is 2. The monoisotopic (exact) mass is 439 g/mol. The Morgan fingerprint density at radius 2 is 1.94 bits per heavy atom. The van der Waals surface area contributed by atoms with Crippen LogP contribution in [-0.4, -0.2) is 76.6 Å². The molecular formula is C20H24F3N5O3. The van der Waals surface area contributed by atoms with Gasteiger partial charge in [-0.1, -0.05) is 0 Å². The highest BCUT2D eigenvalue weighted by atomic mass is 19.4. The Morgan fingerprint density at radius 1 is 1.23 bits per heavy atom. The van der Waals surface area contributed by atoms with Crippen molar-refractivity contribution in [3.8, 4) is 0 Å². The summed E-state index contributed by atoms with van der Waals surface area (Å²) in [5.41, 5.74) is -0.718. The number of piperidine rings is 1. The van der Waals surface area contributed by atoms with Crippen molar-refractivity contribution in [2.75, 3.05) is 32.8 Å². The number of morpholine rings is 1. The summed E-state index contributed by atoms with van der Waals surface area (Å²) < 4.78 is 43.4. The van der Waals surface area contributed by atoms with Crippen LogP contribution < -0.4 is 5.32 Å². The summed E-state index contributed by atoms with van der Waals surface area (Å²) in [6, 6.07) is -0.149. The van der Waals surface area contributed by atoms with E-state index in [0.717, 1.165) is 25.2 Å². The van der Waals surface area contributed by atoms with Gasteiger partial charge in [-0.05, 0) is 25.2 Å². The number of alkyl halides is 3. The molecule has 11 heteroatoms. The zero-order chi connectivity index (χ0) is 21.8. The molecule has 168 valence electrons. The first-order valence-corrected chi connectivity index (χ1v) is 10.5. The molecule has 0 radical (unpaired) electrons. The highest BCUT2D eigenvalue weighted by Gasteiger charge is 2.54. The predicted molar refractivity (Wildman–Crippen MR) is 101 cm³/mol. The van der Waals surface area contributed by atoms with Gasteiger partial charge in [0.15, 0.2) is 0 Å². The van der Waals surface area contributed by atoms with Crippen LogP contribution in [0.15, 0.2) is 12.4 Å². The Labute approximate surface area is 177 Å². The van der Waals surface area contributed by atoms with Gasteiger partial charge in [0.1, 0.15) is 12.4 Å². The fourth-order valence-electron chi connectivity index (χ4n) is 5.40. The average molecular weight is 439 g/mol. The normalized spacial score (nSPS) is 27.9. The third-order valence-corrected chi connectivity index (χ3v) is 6.87. The topological polar surface area (TPSA) is 87.7 Å². The number of urea groups is 1. The van der Waals surface area contributed by atoms with Crippen LogP contribution >= 0.6 is 0 Å². The molecule has 3 saturated heterocycles. The van der Waals surface area contributed by atoms with Gasteiger partial charge in [0.05, 0.1) is 17.7 Å². The Balaban J connectivity index is 1.08. The van der Waals surface area contributed by atoms with Crippen molar-refractivity contribution in [3.63, 3.8) is 0 Å². The van der Waals surface area contributed by atoms with Crippen LogP contribution in [-0.2, 0) is 22.1 Å². The van der Waals surface area contributed by atoms with E-state index in [2.05, 4.69) is 15.3 Å². The molecule has 3 aliphatic heterocycles. The maximum absolute atomic E-state index is 12.8. The fraction of sp³-hybridized carbons (Fsp3) is 0.700. The minimum atomic E-state index is -4.42. The van der Waals surface area contributed by atoms with Crippen LogP contribution in [0.4, 0.5) is 18.0 Å². The Bertz CT molecular complexity index is 864. The van der Waals surface area contributed by atoms with E-state index in [-0.39, 0.29) is 36.1 Å². The molecule has 1 aromatic heterocycles. The highest BCUT2D eigenvalue weighted by molar-refractivity contribution is 5.79. The Kier molecular flexibility index (Phi) is 4.83. The Morgan fingerprint density at radius 3 is 2.61 bits per heavy atom. The zero-order valence-corrected chi connectivity index (χ0v) is 16.9. The van der Waals surface area contributed by atoms with Gasteiger partial charge in [0.2, 0.25) is 5.91 Å². The van der Waals surface area contributed by atoms with E-state index in [0.29, 0.717) is 50.8 Å².